The third kappa shape index (κ3) is 5.64. The number of carboxylic acids is 1. The zero-order valence-corrected chi connectivity index (χ0v) is 19.5. The van der Waals surface area contributed by atoms with Crippen molar-refractivity contribution in [2.75, 3.05) is 24.5 Å². The van der Waals surface area contributed by atoms with Crippen molar-refractivity contribution in [3.8, 4) is 0 Å². The number of carbonyl (C=O) groups is 2. The molecule has 2 aliphatic rings. The van der Waals surface area contributed by atoms with E-state index in [0.717, 1.165) is 30.8 Å². The van der Waals surface area contributed by atoms with Gasteiger partial charge in [0.05, 0.1) is 11.1 Å². The Kier molecular flexibility index (Phi) is 8.21. The number of carboxylic acid groups (broad SMARTS) is 1. The number of rotatable bonds is 6. The maximum Gasteiger partial charge on any atom is 0.335 e. The molecule has 0 radical (unpaired) electrons. The number of nitrogens with zero attached hydrogens (tertiary/aromatic N) is 1. The number of amides is 1. The Bertz CT molecular complexity index is 1020. The van der Waals surface area contributed by atoms with Gasteiger partial charge in [0.25, 0.3) is 5.91 Å². The fourth-order valence-corrected chi connectivity index (χ4v) is 4.68. The number of hydrogen-bond donors (Lipinski definition) is 2. The number of nitrogens with one attached hydrogen (secondary N) is 1. The molecule has 2 N–H and O–H groups in total. The van der Waals surface area contributed by atoms with Crippen molar-refractivity contribution in [3.63, 3.8) is 0 Å². The summed E-state index contributed by atoms with van der Waals surface area (Å²) in [4.78, 5) is 26.3. The molecule has 0 saturated carbocycles. The molecule has 1 heterocycles. The zero-order valence-electron chi connectivity index (χ0n) is 17.9. The van der Waals surface area contributed by atoms with Crippen molar-refractivity contribution < 1.29 is 14.7 Å². The van der Waals surface area contributed by atoms with Crippen LogP contribution in [0.25, 0.3) is 0 Å². The normalized spacial score (nSPS) is 15.6. The van der Waals surface area contributed by atoms with Gasteiger partial charge in [0, 0.05) is 30.3 Å². The monoisotopic (exact) mass is 474 g/mol. The number of benzene rings is 2. The smallest absolute Gasteiger partial charge is 0.335 e. The molecule has 7 heteroatoms. The Hall–Kier alpha value is -2.50. The number of aromatic carboxylic acids is 1. The second-order valence-electron chi connectivity index (χ2n) is 8.26. The molecule has 0 spiro atoms. The molecular weight excluding hydrogens is 447 g/mol. The molecule has 0 saturated heterocycles. The first-order valence-electron chi connectivity index (χ1n) is 10.9. The Balaban J connectivity index is 0.00000289. The maximum absolute atomic E-state index is 13.0. The van der Waals surface area contributed by atoms with Crippen LogP contribution in [0.3, 0.4) is 0 Å². The Labute approximate surface area is 199 Å². The van der Waals surface area contributed by atoms with Crippen LogP contribution in [0.5, 0.6) is 0 Å². The maximum atomic E-state index is 13.0. The van der Waals surface area contributed by atoms with Crippen LogP contribution in [-0.4, -0.2) is 36.6 Å². The molecule has 0 bridgehead atoms. The second-order valence-corrected chi connectivity index (χ2v) is 8.69. The average Bonchev–Trinajstić information content (AvgIpc) is 2.79. The van der Waals surface area contributed by atoms with Crippen molar-refractivity contribution in [3.05, 3.63) is 75.3 Å². The van der Waals surface area contributed by atoms with Gasteiger partial charge < -0.3 is 15.3 Å². The van der Waals surface area contributed by atoms with Crippen molar-refractivity contribution >= 4 is 41.6 Å². The lowest BCUT2D eigenvalue weighted by molar-refractivity contribution is 0.0696. The van der Waals surface area contributed by atoms with E-state index in [0.29, 0.717) is 23.6 Å². The van der Waals surface area contributed by atoms with E-state index in [1.54, 1.807) is 41.5 Å². The highest BCUT2D eigenvalue weighted by Crippen LogP contribution is 2.34. The lowest BCUT2D eigenvalue weighted by atomic mass is 9.87. The predicted octanol–water partition coefficient (Wildman–Crippen LogP) is 5.51. The van der Waals surface area contributed by atoms with Gasteiger partial charge in [-0.05, 0) is 74.4 Å². The van der Waals surface area contributed by atoms with Gasteiger partial charge in [0.1, 0.15) is 0 Å². The van der Waals surface area contributed by atoms with Crippen LogP contribution in [0.2, 0.25) is 5.02 Å². The topological polar surface area (TPSA) is 69.6 Å². The molecule has 5 nitrogen and oxygen atoms in total. The highest BCUT2D eigenvalue weighted by atomic mass is 35.5. The molecule has 32 heavy (non-hydrogen) atoms. The summed E-state index contributed by atoms with van der Waals surface area (Å²) in [6.07, 6.45) is 6.65. The van der Waals surface area contributed by atoms with Gasteiger partial charge in [0.2, 0.25) is 0 Å². The fraction of sp³-hybridized carbons (Fsp3) is 0.360. The van der Waals surface area contributed by atoms with Crippen LogP contribution >= 0.6 is 24.0 Å². The lowest BCUT2D eigenvalue weighted by Gasteiger charge is -2.35. The van der Waals surface area contributed by atoms with Crippen LogP contribution < -0.4 is 10.2 Å². The standard InChI is InChI=1S/C25H27ClN2O3.ClH/c26-21-9-10-23(28-14-12-18-3-1-2-4-20(18)16-28)22(15-21)24(29)27-13-11-17-5-7-19(8-6-17)25(30)31;/h5-10,15H,1-4,11-14,16H2,(H,27,29)(H,30,31);1H. The van der Waals surface area contributed by atoms with Gasteiger partial charge in [-0.3, -0.25) is 4.79 Å². The first-order valence-corrected chi connectivity index (χ1v) is 11.2. The SMILES string of the molecule is Cl.O=C(O)c1ccc(CCNC(=O)c2cc(Cl)ccc2N2CCC3=C(CCCC3)C2)cc1. The largest absolute Gasteiger partial charge is 0.478 e. The summed E-state index contributed by atoms with van der Waals surface area (Å²) in [6.45, 7) is 2.29. The minimum Gasteiger partial charge on any atom is -0.478 e. The quantitative estimate of drug-likeness (QED) is 0.541. The third-order valence-electron chi connectivity index (χ3n) is 6.22. The van der Waals surface area contributed by atoms with Gasteiger partial charge in [-0.1, -0.05) is 34.9 Å². The second kappa shape index (κ2) is 10.9. The summed E-state index contributed by atoms with van der Waals surface area (Å²) in [7, 11) is 0. The molecule has 0 atom stereocenters. The van der Waals surface area contributed by atoms with Crippen molar-refractivity contribution in [2.24, 2.45) is 0 Å². The van der Waals surface area contributed by atoms with Gasteiger partial charge in [0.15, 0.2) is 0 Å². The molecule has 0 fully saturated rings. The molecule has 1 aliphatic carbocycles. The van der Waals surface area contributed by atoms with E-state index in [4.69, 9.17) is 16.7 Å². The third-order valence-corrected chi connectivity index (χ3v) is 6.45. The van der Waals surface area contributed by atoms with Gasteiger partial charge in [-0.2, -0.15) is 0 Å². The summed E-state index contributed by atoms with van der Waals surface area (Å²) in [5.74, 6) is -1.08. The molecule has 2 aromatic carbocycles. The number of halogens is 2. The van der Waals surface area contributed by atoms with Crippen LogP contribution in [0, 0.1) is 0 Å². The number of carbonyl (C=O) groups excluding carboxylic acids is 1. The van der Waals surface area contributed by atoms with E-state index in [2.05, 4.69) is 10.2 Å². The van der Waals surface area contributed by atoms with Crippen LogP contribution in [0.4, 0.5) is 5.69 Å². The molecule has 2 aromatic rings. The van der Waals surface area contributed by atoms with Gasteiger partial charge in [-0.25, -0.2) is 4.79 Å². The Morgan fingerprint density at radius 3 is 2.44 bits per heavy atom. The zero-order chi connectivity index (χ0) is 21.8. The van der Waals surface area contributed by atoms with Crippen LogP contribution in [0.1, 0.15) is 58.4 Å². The lowest BCUT2D eigenvalue weighted by Crippen LogP contribution is -2.35. The highest BCUT2D eigenvalue weighted by molar-refractivity contribution is 6.31. The number of anilines is 1. The summed E-state index contributed by atoms with van der Waals surface area (Å²) in [5.41, 5.74) is 5.94. The van der Waals surface area contributed by atoms with Crippen LogP contribution in [0.15, 0.2) is 53.6 Å². The summed E-state index contributed by atoms with van der Waals surface area (Å²) in [5, 5.41) is 12.5. The van der Waals surface area contributed by atoms with Gasteiger partial charge in [-0.15, -0.1) is 12.4 Å². The van der Waals surface area contributed by atoms with E-state index < -0.39 is 5.97 Å². The minimum absolute atomic E-state index is 0. The predicted molar refractivity (Wildman–Crippen MR) is 130 cm³/mol. The van der Waals surface area contributed by atoms with E-state index in [1.807, 2.05) is 12.1 Å². The van der Waals surface area contributed by atoms with Gasteiger partial charge >= 0.3 is 5.97 Å². The Morgan fingerprint density at radius 2 is 1.72 bits per heavy atom. The highest BCUT2D eigenvalue weighted by Gasteiger charge is 2.24. The van der Waals surface area contributed by atoms with Crippen LogP contribution in [-0.2, 0) is 6.42 Å². The first-order chi connectivity index (χ1) is 15.0. The van der Waals surface area contributed by atoms with Crippen molar-refractivity contribution in [1.29, 1.82) is 0 Å². The van der Waals surface area contributed by atoms with Crippen molar-refractivity contribution in [2.45, 2.75) is 38.5 Å². The van der Waals surface area contributed by atoms with E-state index in [1.165, 1.54) is 25.7 Å². The van der Waals surface area contributed by atoms with E-state index in [-0.39, 0.29) is 23.9 Å². The summed E-state index contributed by atoms with van der Waals surface area (Å²) in [6, 6.07) is 12.3. The Morgan fingerprint density at radius 1 is 1.00 bits per heavy atom. The number of hydrogen-bond acceptors (Lipinski definition) is 3. The summed E-state index contributed by atoms with van der Waals surface area (Å²) < 4.78 is 0. The van der Waals surface area contributed by atoms with E-state index >= 15 is 0 Å². The minimum atomic E-state index is -0.942. The molecule has 1 aliphatic heterocycles. The fourth-order valence-electron chi connectivity index (χ4n) is 4.50. The molecule has 0 unspecified atom stereocenters. The summed E-state index contributed by atoms with van der Waals surface area (Å²) >= 11 is 6.23. The van der Waals surface area contributed by atoms with Crippen molar-refractivity contribution in [1.82, 2.24) is 5.32 Å². The molecule has 1 amide bonds. The molecular formula is C25H28Cl2N2O3. The molecule has 0 aromatic heterocycles. The molecule has 170 valence electrons. The first kappa shape index (κ1) is 24.1. The van der Waals surface area contributed by atoms with E-state index in [9.17, 15) is 9.59 Å². The average molecular weight is 475 g/mol. The molecule has 4 rings (SSSR count).